The zero-order valence-corrected chi connectivity index (χ0v) is 13.1. The molecule has 23 heavy (non-hydrogen) atoms. The number of hydrogen-bond acceptors (Lipinski definition) is 6. The van der Waals surface area contributed by atoms with Gasteiger partial charge >= 0.3 is 0 Å². The molecule has 0 spiro atoms. The minimum atomic E-state index is -0.454. The molecule has 0 aliphatic carbocycles. The Balaban J connectivity index is 1.64. The normalized spacial score (nSPS) is 14.7. The van der Waals surface area contributed by atoms with Crippen molar-refractivity contribution in [1.82, 2.24) is 5.16 Å². The van der Waals surface area contributed by atoms with Crippen LogP contribution in [0.5, 0.6) is 11.5 Å². The predicted octanol–water partition coefficient (Wildman–Crippen LogP) is 2.58. The van der Waals surface area contributed by atoms with Gasteiger partial charge in [-0.3, -0.25) is 10.1 Å². The standard InChI is InChI=1S/C16H19N3O4/c1-10-8-15(23-19-10)18-16(20)11(2)17-12-4-5-13-14(9-12)22-7-3-6-21-13/h4-5,8-9,11,17H,3,6-7H2,1-2H3,(H,18,20). The summed E-state index contributed by atoms with van der Waals surface area (Å²) in [5, 5.41) is 9.53. The first-order valence-electron chi connectivity index (χ1n) is 7.52. The maximum Gasteiger partial charge on any atom is 0.248 e. The van der Waals surface area contributed by atoms with Crippen LogP contribution in [0.15, 0.2) is 28.8 Å². The van der Waals surface area contributed by atoms with E-state index in [1.54, 1.807) is 19.9 Å². The summed E-state index contributed by atoms with van der Waals surface area (Å²) in [6, 6.07) is 6.75. The number of amides is 1. The average molecular weight is 317 g/mol. The fourth-order valence-electron chi connectivity index (χ4n) is 2.22. The van der Waals surface area contributed by atoms with Crippen LogP contribution in [0.4, 0.5) is 11.6 Å². The van der Waals surface area contributed by atoms with E-state index in [9.17, 15) is 4.79 Å². The van der Waals surface area contributed by atoms with Crippen LogP contribution in [0.25, 0.3) is 0 Å². The fourth-order valence-corrected chi connectivity index (χ4v) is 2.22. The lowest BCUT2D eigenvalue weighted by atomic mass is 10.2. The van der Waals surface area contributed by atoms with E-state index in [2.05, 4.69) is 15.8 Å². The molecule has 0 fully saturated rings. The van der Waals surface area contributed by atoms with Gasteiger partial charge in [-0.05, 0) is 26.0 Å². The predicted molar refractivity (Wildman–Crippen MR) is 85.0 cm³/mol. The second-order valence-electron chi connectivity index (χ2n) is 5.40. The fraction of sp³-hybridized carbons (Fsp3) is 0.375. The van der Waals surface area contributed by atoms with Gasteiger partial charge in [0.15, 0.2) is 11.5 Å². The molecule has 1 aliphatic heterocycles. The molecule has 0 saturated heterocycles. The van der Waals surface area contributed by atoms with Gasteiger partial charge in [-0.1, -0.05) is 5.16 Å². The Bertz CT molecular complexity index is 698. The van der Waals surface area contributed by atoms with Crippen LogP contribution in [0.1, 0.15) is 19.0 Å². The number of aromatic nitrogens is 1. The van der Waals surface area contributed by atoms with Crippen LogP contribution in [-0.2, 0) is 4.79 Å². The highest BCUT2D eigenvalue weighted by Crippen LogP contribution is 2.32. The van der Waals surface area contributed by atoms with Gasteiger partial charge in [-0.15, -0.1) is 0 Å². The molecule has 1 aromatic carbocycles. The zero-order chi connectivity index (χ0) is 16.2. The monoisotopic (exact) mass is 317 g/mol. The van der Waals surface area contributed by atoms with Gasteiger partial charge in [-0.2, -0.15) is 0 Å². The molecule has 122 valence electrons. The van der Waals surface area contributed by atoms with Gasteiger partial charge in [0.05, 0.1) is 18.9 Å². The van der Waals surface area contributed by atoms with Crippen molar-refractivity contribution in [3.8, 4) is 11.5 Å². The van der Waals surface area contributed by atoms with E-state index in [1.165, 1.54) is 0 Å². The molecule has 1 aromatic heterocycles. The molecule has 0 saturated carbocycles. The summed E-state index contributed by atoms with van der Waals surface area (Å²) in [5.41, 5.74) is 1.49. The third kappa shape index (κ3) is 3.74. The first kappa shape index (κ1) is 15.2. The summed E-state index contributed by atoms with van der Waals surface area (Å²) < 4.78 is 16.2. The van der Waals surface area contributed by atoms with Gasteiger partial charge in [0, 0.05) is 24.2 Å². The largest absolute Gasteiger partial charge is 0.490 e. The number of carbonyl (C=O) groups is 1. The van der Waals surface area contributed by atoms with Crippen molar-refractivity contribution in [1.29, 1.82) is 0 Å². The Kier molecular flexibility index (Phi) is 4.36. The van der Waals surface area contributed by atoms with Crippen LogP contribution >= 0.6 is 0 Å². The smallest absolute Gasteiger partial charge is 0.248 e. The Hall–Kier alpha value is -2.70. The van der Waals surface area contributed by atoms with Crippen molar-refractivity contribution in [2.24, 2.45) is 0 Å². The molecule has 0 radical (unpaired) electrons. The molecule has 2 aromatic rings. The van der Waals surface area contributed by atoms with E-state index in [0.29, 0.717) is 30.5 Å². The minimum absolute atomic E-state index is 0.215. The maximum absolute atomic E-state index is 12.2. The number of hydrogen-bond donors (Lipinski definition) is 2. The second-order valence-corrected chi connectivity index (χ2v) is 5.40. The molecule has 1 unspecified atom stereocenters. The molecular formula is C16H19N3O4. The lowest BCUT2D eigenvalue weighted by Gasteiger charge is -2.15. The zero-order valence-electron chi connectivity index (χ0n) is 13.1. The summed E-state index contributed by atoms with van der Waals surface area (Å²) in [6.07, 6.45) is 0.854. The Morgan fingerprint density at radius 3 is 2.74 bits per heavy atom. The van der Waals surface area contributed by atoms with E-state index in [0.717, 1.165) is 17.9 Å². The van der Waals surface area contributed by atoms with Crippen LogP contribution in [0, 0.1) is 6.92 Å². The van der Waals surface area contributed by atoms with Crippen molar-refractivity contribution in [3.63, 3.8) is 0 Å². The highest BCUT2D eigenvalue weighted by Gasteiger charge is 2.16. The molecule has 0 bridgehead atoms. The molecule has 2 N–H and O–H groups in total. The number of aryl methyl sites for hydroxylation is 1. The first-order chi connectivity index (χ1) is 11.1. The topological polar surface area (TPSA) is 85.6 Å². The number of fused-ring (bicyclic) bond motifs is 1. The molecule has 1 atom stereocenters. The highest BCUT2D eigenvalue weighted by atomic mass is 16.5. The minimum Gasteiger partial charge on any atom is -0.490 e. The molecule has 7 heteroatoms. The number of ether oxygens (including phenoxy) is 2. The molecular weight excluding hydrogens is 298 g/mol. The summed E-state index contributed by atoms with van der Waals surface area (Å²) in [4.78, 5) is 12.2. The van der Waals surface area contributed by atoms with Crippen molar-refractivity contribution >= 4 is 17.5 Å². The summed E-state index contributed by atoms with van der Waals surface area (Å²) >= 11 is 0. The van der Waals surface area contributed by atoms with E-state index in [1.807, 2.05) is 18.2 Å². The number of rotatable bonds is 4. The quantitative estimate of drug-likeness (QED) is 0.901. The van der Waals surface area contributed by atoms with Crippen LogP contribution in [0.3, 0.4) is 0 Å². The number of carbonyl (C=O) groups excluding carboxylic acids is 1. The average Bonchev–Trinajstić information content (AvgIpc) is 2.80. The Morgan fingerprint density at radius 2 is 2.00 bits per heavy atom. The van der Waals surface area contributed by atoms with Crippen LogP contribution in [0.2, 0.25) is 0 Å². The first-order valence-corrected chi connectivity index (χ1v) is 7.52. The maximum atomic E-state index is 12.2. The van der Waals surface area contributed by atoms with Crippen molar-refractivity contribution in [2.75, 3.05) is 23.8 Å². The van der Waals surface area contributed by atoms with Gasteiger partial charge in [0.25, 0.3) is 0 Å². The number of nitrogens with zero attached hydrogens (tertiary/aromatic N) is 1. The summed E-state index contributed by atoms with van der Waals surface area (Å²) in [6.45, 7) is 4.83. The van der Waals surface area contributed by atoms with Gasteiger partial charge in [0.1, 0.15) is 6.04 Å². The number of benzene rings is 1. The van der Waals surface area contributed by atoms with Crippen molar-refractivity contribution in [3.05, 3.63) is 30.0 Å². The molecule has 1 aliphatic rings. The Labute approximate surface area is 133 Å². The van der Waals surface area contributed by atoms with Crippen molar-refractivity contribution in [2.45, 2.75) is 26.3 Å². The number of nitrogens with one attached hydrogen (secondary N) is 2. The lowest BCUT2D eigenvalue weighted by molar-refractivity contribution is -0.116. The second kappa shape index (κ2) is 6.60. The summed E-state index contributed by atoms with van der Waals surface area (Å²) in [5.74, 6) is 1.53. The van der Waals surface area contributed by atoms with E-state index in [-0.39, 0.29) is 5.91 Å². The number of anilines is 2. The molecule has 1 amide bonds. The SMILES string of the molecule is Cc1cc(NC(=O)C(C)Nc2ccc3c(c2)OCCCO3)on1. The molecule has 2 heterocycles. The summed E-state index contributed by atoms with van der Waals surface area (Å²) in [7, 11) is 0. The van der Waals surface area contributed by atoms with Crippen molar-refractivity contribution < 1.29 is 18.8 Å². The van der Waals surface area contributed by atoms with Gasteiger partial charge in [-0.25, -0.2) is 0 Å². The highest BCUT2D eigenvalue weighted by molar-refractivity contribution is 5.95. The van der Waals surface area contributed by atoms with Gasteiger partial charge < -0.3 is 19.3 Å². The third-order valence-corrected chi connectivity index (χ3v) is 3.40. The molecule has 3 rings (SSSR count). The van der Waals surface area contributed by atoms with E-state index < -0.39 is 6.04 Å². The molecule has 7 nitrogen and oxygen atoms in total. The third-order valence-electron chi connectivity index (χ3n) is 3.40. The van der Waals surface area contributed by atoms with Crippen LogP contribution < -0.4 is 20.1 Å². The van der Waals surface area contributed by atoms with Crippen LogP contribution in [-0.4, -0.2) is 30.3 Å². The van der Waals surface area contributed by atoms with E-state index >= 15 is 0 Å². The van der Waals surface area contributed by atoms with E-state index in [4.69, 9.17) is 14.0 Å². The Morgan fingerprint density at radius 1 is 1.22 bits per heavy atom. The van der Waals surface area contributed by atoms with Gasteiger partial charge in [0.2, 0.25) is 11.8 Å². The lowest BCUT2D eigenvalue weighted by Crippen LogP contribution is -2.31.